The largest absolute Gasteiger partial charge is 0.326 e. The molecule has 2 aromatic rings. The van der Waals surface area contributed by atoms with Crippen molar-refractivity contribution in [3.8, 4) is 0 Å². The quantitative estimate of drug-likeness (QED) is 0.769. The van der Waals surface area contributed by atoms with Crippen LogP contribution in [-0.2, 0) is 17.8 Å². The molecule has 1 amide bonds. The highest BCUT2D eigenvalue weighted by molar-refractivity contribution is 9.10. The maximum absolute atomic E-state index is 12.7. The summed E-state index contributed by atoms with van der Waals surface area (Å²) in [5.41, 5.74) is 3.30. The number of hydrogen-bond donors (Lipinski definition) is 1. The molecular weight excluding hydrogens is 402 g/mol. The van der Waals surface area contributed by atoms with Crippen LogP contribution in [0, 0.1) is 19.8 Å². The number of anilines is 1. The maximum Gasteiger partial charge on any atom is 0.257 e. The van der Waals surface area contributed by atoms with E-state index >= 15 is 0 Å². The second-order valence-corrected chi connectivity index (χ2v) is 8.09. The molecule has 0 aliphatic carbocycles. The van der Waals surface area contributed by atoms with Gasteiger partial charge >= 0.3 is 0 Å². The molecule has 1 unspecified atom stereocenters. The molecule has 25 heavy (non-hydrogen) atoms. The number of carbonyl (C=O) groups excluding carboxylic acids is 1. The van der Waals surface area contributed by atoms with Crippen molar-refractivity contribution in [2.45, 2.75) is 38.9 Å². The van der Waals surface area contributed by atoms with Crippen molar-refractivity contribution < 1.29 is 4.79 Å². The summed E-state index contributed by atoms with van der Waals surface area (Å²) in [5, 5.41) is 3.70. The molecule has 132 valence electrons. The van der Waals surface area contributed by atoms with Gasteiger partial charge in [-0.05, 0) is 44.0 Å². The van der Waals surface area contributed by atoms with Gasteiger partial charge in [-0.2, -0.15) is 0 Å². The minimum atomic E-state index is -0.257. The number of benzene rings is 1. The first kappa shape index (κ1) is 18.2. The van der Waals surface area contributed by atoms with Crippen LogP contribution in [0.3, 0.4) is 0 Å². The monoisotopic (exact) mass is 421 g/mol. The molecular formula is C18H20BrN3O2S. The second kappa shape index (κ2) is 7.33. The van der Waals surface area contributed by atoms with E-state index in [1.807, 2.05) is 39.0 Å². The average Bonchev–Trinajstić information content (AvgIpc) is 2.57. The van der Waals surface area contributed by atoms with Gasteiger partial charge in [-0.25, -0.2) is 4.98 Å². The number of halogens is 1. The van der Waals surface area contributed by atoms with E-state index in [2.05, 4.69) is 26.2 Å². The fourth-order valence-corrected chi connectivity index (χ4v) is 4.56. The fraction of sp³-hybridized carbons (Fsp3) is 0.389. The summed E-state index contributed by atoms with van der Waals surface area (Å²) < 4.78 is 2.63. The summed E-state index contributed by atoms with van der Waals surface area (Å²) in [6.07, 6.45) is 0.650. The highest BCUT2D eigenvalue weighted by atomic mass is 79.9. The molecule has 0 fully saturated rings. The number of nitrogens with one attached hydrogen (secondary N) is 1. The highest BCUT2D eigenvalue weighted by Crippen LogP contribution is 2.27. The number of carbonyl (C=O) groups is 1. The van der Waals surface area contributed by atoms with Gasteiger partial charge in [-0.1, -0.05) is 34.6 Å². The van der Waals surface area contributed by atoms with Crippen LogP contribution in [0.4, 0.5) is 5.69 Å². The smallest absolute Gasteiger partial charge is 0.257 e. The summed E-state index contributed by atoms with van der Waals surface area (Å²) in [7, 11) is 0. The van der Waals surface area contributed by atoms with Crippen LogP contribution >= 0.6 is 27.7 Å². The van der Waals surface area contributed by atoms with Crippen molar-refractivity contribution in [1.82, 2.24) is 9.55 Å². The number of aryl methyl sites for hydroxylation is 2. The first-order valence-corrected chi connectivity index (χ1v) is 9.98. The lowest BCUT2D eigenvalue weighted by molar-refractivity contribution is -0.119. The van der Waals surface area contributed by atoms with E-state index in [0.717, 1.165) is 27.0 Å². The number of fused-ring (bicyclic) bond motifs is 1. The van der Waals surface area contributed by atoms with Gasteiger partial charge in [0.1, 0.15) is 0 Å². The molecule has 0 radical (unpaired) electrons. The summed E-state index contributed by atoms with van der Waals surface area (Å²) in [5.74, 6) is 0.306. The normalized spacial score (nSPS) is 16.4. The molecule has 5 nitrogen and oxygen atoms in total. The number of hydrogen-bond acceptors (Lipinski definition) is 4. The molecule has 1 atom stereocenters. The minimum Gasteiger partial charge on any atom is -0.326 e. The Kier molecular flexibility index (Phi) is 5.34. The second-order valence-electron chi connectivity index (χ2n) is 6.18. The van der Waals surface area contributed by atoms with Crippen molar-refractivity contribution in [2.75, 3.05) is 11.1 Å². The van der Waals surface area contributed by atoms with Crippen LogP contribution < -0.4 is 10.9 Å². The summed E-state index contributed by atoms with van der Waals surface area (Å²) >= 11 is 4.90. The lowest BCUT2D eigenvalue weighted by Crippen LogP contribution is -2.38. The molecule has 3 rings (SSSR count). The van der Waals surface area contributed by atoms with E-state index < -0.39 is 0 Å². The third-order valence-corrected chi connectivity index (χ3v) is 6.05. The van der Waals surface area contributed by atoms with Crippen LogP contribution in [-0.4, -0.2) is 21.2 Å². The Morgan fingerprint density at radius 1 is 1.44 bits per heavy atom. The standard InChI is InChI=1S/C18H20BrN3O2S/c1-4-14-11(3)20-18-22(17(14)24)8-12(9-25-18)16(23)21-15-6-5-13(19)7-10(15)2/h5-7,12H,4,8-9H2,1-3H3,(H,21,23). The van der Waals surface area contributed by atoms with E-state index in [4.69, 9.17) is 0 Å². The summed E-state index contributed by atoms with van der Waals surface area (Å²) in [4.78, 5) is 29.9. The summed E-state index contributed by atoms with van der Waals surface area (Å²) in [6, 6.07) is 5.75. The number of aromatic nitrogens is 2. The molecule has 0 spiro atoms. The van der Waals surface area contributed by atoms with Gasteiger partial charge in [0.05, 0.1) is 5.92 Å². The van der Waals surface area contributed by atoms with Gasteiger partial charge in [0.15, 0.2) is 5.16 Å². The molecule has 2 heterocycles. The number of rotatable bonds is 3. The Hall–Kier alpha value is -1.60. The van der Waals surface area contributed by atoms with Gasteiger partial charge in [0.25, 0.3) is 5.56 Å². The lowest BCUT2D eigenvalue weighted by atomic mass is 10.1. The van der Waals surface area contributed by atoms with E-state index in [9.17, 15) is 9.59 Å². The first-order chi connectivity index (χ1) is 11.9. The zero-order chi connectivity index (χ0) is 18.1. The van der Waals surface area contributed by atoms with Crippen molar-refractivity contribution in [3.63, 3.8) is 0 Å². The Morgan fingerprint density at radius 2 is 2.20 bits per heavy atom. The molecule has 1 N–H and O–H groups in total. The van der Waals surface area contributed by atoms with Crippen LogP contribution in [0.2, 0.25) is 0 Å². The average molecular weight is 422 g/mol. The number of thioether (sulfide) groups is 1. The van der Waals surface area contributed by atoms with E-state index in [0.29, 0.717) is 23.9 Å². The molecule has 1 aliphatic rings. The third kappa shape index (κ3) is 3.67. The van der Waals surface area contributed by atoms with Crippen molar-refractivity contribution in [2.24, 2.45) is 5.92 Å². The molecule has 1 aromatic carbocycles. The fourth-order valence-electron chi connectivity index (χ4n) is 2.96. The van der Waals surface area contributed by atoms with Crippen molar-refractivity contribution in [1.29, 1.82) is 0 Å². The van der Waals surface area contributed by atoms with Gasteiger partial charge in [-0.15, -0.1) is 0 Å². The minimum absolute atomic E-state index is 0.0187. The lowest BCUT2D eigenvalue weighted by Gasteiger charge is -2.25. The van der Waals surface area contributed by atoms with Crippen molar-refractivity contribution in [3.05, 3.63) is 49.8 Å². The zero-order valence-corrected chi connectivity index (χ0v) is 16.8. The topological polar surface area (TPSA) is 64.0 Å². The number of nitrogens with zero attached hydrogens (tertiary/aromatic N) is 2. The Bertz CT molecular complexity index is 895. The van der Waals surface area contributed by atoms with Gasteiger partial charge in [0.2, 0.25) is 5.91 Å². The summed E-state index contributed by atoms with van der Waals surface area (Å²) in [6.45, 7) is 6.16. The van der Waals surface area contributed by atoms with Crippen LogP contribution in [0.15, 0.2) is 32.6 Å². The van der Waals surface area contributed by atoms with Crippen molar-refractivity contribution >= 4 is 39.3 Å². The van der Waals surface area contributed by atoms with Crippen LogP contribution in [0.25, 0.3) is 0 Å². The Morgan fingerprint density at radius 3 is 2.88 bits per heavy atom. The van der Waals surface area contributed by atoms with Crippen LogP contribution in [0.5, 0.6) is 0 Å². The molecule has 0 bridgehead atoms. The Balaban J connectivity index is 1.82. The van der Waals surface area contributed by atoms with Crippen LogP contribution in [0.1, 0.15) is 23.7 Å². The first-order valence-electron chi connectivity index (χ1n) is 8.20. The SMILES string of the molecule is CCc1c(C)nc2n(c1=O)CC(C(=O)Nc1ccc(Br)cc1C)CS2. The van der Waals surface area contributed by atoms with E-state index in [1.54, 1.807) is 4.57 Å². The predicted octanol–water partition coefficient (Wildman–Crippen LogP) is 3.55. The molecule has 0 saturated carbocycles. The van der Waals surface area contributed by atoms with E-state index in [1.165, 1.54) is 11.8 Å². The predicted molar refractivity (Wildman–Crippen MR) is 104 cm³/mol. The third-order valence-electron chi connectivity index (χ3n) is 4.42. The maximum atomic E-state index is 12.7. The molecule has 1 aromatic heterocycles. The highest BCUT2D eigenvalue weighted by Gasteiger charge is 2.28. The Labute approximate surface area is 159 Å². The molecule has 0 saturated heterocycles. The van der Waals surface area contributed by atoms with Gasteiger partial charge < -0.3 is 5.32 Å². The van der Waals surface area contributed by atoms with E-state index in [-0.39, 0.29) is 17.4 Å². The molecule has 1 aliphatic heterocycles. The van der Waals surface area contributed by atoms with Gasteiger partial charge in [0, 0.05) is 33.7 Å². The van der Waals surface area contributed by atoms with Gasteiger partial charge in [-0.3, -0.25) is 14.2 Å². The number of amides is 1. The molecule has 7 heteroatoms. The zero-order valence-electron chi connectivity index (χ0n) is 14.4.